The maximum Gasteiger partial charge on any atom is 0.397 e. The van der Waals surface area contributed by atoms with Crippen molar-refractivity contribution >= 4 is 28.3 Å². The van der Waals surface area contributed by atoms with E-state index in [1.54, 1.807) is 6.92 Å². The zero-order valence-electron chi connectivity index (χ0n) is 11.6. The summed E-state index contributed by atoms with van der Waals surface area (Å²) in [5.74, 6) is -1.45. The SMILES string of the molecule is CCOC(=O)C(=O)N(CC)c1cccc2ccccc12. The molecular weight excluding hydrogens is 254 g/mol. The highest BCUT2D eigenvalue weighted by molar-refractivity contribution is 6.38. The van der Waals surface area contributed by atoms with Crippen LogP contribution >= 0.6 is 0 Å². The average Bonchev–Trinajstić information content (AvgIpc) is 2.48. The Kier molecular flexibility index (Phi) is 4.35. The number of anilines is 1. The third-order valence-electron chi connectivity index (χ3n) is 3.07. The van der Waals surface area contributed by atoms with E-state index in [1.165, 1.54) is 4.90 Å². The Bertz CT molecular complexity index is 631. The molecule has 1 amide bonds. The number of benzene rings is 2. The lowest BCUT2D eigenvalue weighted by Gasteiger charge is -2.21. The Labute approximate surface area is 117 Å². The number of carbonyl (C=O) groups is 2. The van der Waals surface area contributed by atoms with Gasteiger partial charge in [-0.2, -0.15) is 0 Å². The van der Waals surface area contributed by atoms with Gasteiger partial charge in [0.1, 0.15) is 0 Å². The van der Waals surface area contributed by atoms with Crippen molar-refractivity contribution in [2.75, 3.05) is 18.1 Å². The number of hydrogen-bond donors (Lipinski definition) is 0. The molecule has 4 heteroatoms. The van der Waals surface area contributed by atoms with E-state index in [2.05, 4.69) is 0 Å². The van der Waals surface area contributed by atoms with E-state index in [1.807, 2.05) is 49.4 Å². The molecule has 104 valence electrons. The molecule has 0 aliphatic heterocycles. The molecule has 2 rings (SSSR count). The zero-order valence-corrected chi connectivity index (χ0v) is 11.6. The van der Waals surface area contributed by atoms with Crippen LogP contribution in [-0.2, 0) is 14.3 Å². The molecule has 0 aliphatic carbocycles. The number of esters is 1. The van der Waals surface area contributed by atoms with Crippen molar-refractivity contribution in [1.82, 2.24) is 0 Å². The molecule has 20 heavy (non-hydrogen) atoms. The van der Waals surface area contributed by atoms with Crippen molar-refractivity contribution in [3.05, 3.63) is 42.5 Å². The molecule has 0 saturated carbocycles. The number of nitrogens with zero attached hydrogens (tertiary/aromatic N) is 1. The topological polar surface area (TPSA) is 46.6 Å². The summed E-state index contributed by atoms with van der Waals surface area (Å²) < 4.78 is 4.79. The van der Waals surface area contributed by atoms with Crippen molar-refractivity contribution in [2.24, 2.45) is 0 Å². The molecule has 0 saturated heterocycles. The van der Waals surface area contributed by atoms with E-state index < -0.39 is 11.9 Å². The van der Waals surface area contributed by atoms with Gasteiger partial charge in [0.2, 0.25) is 0 Å². The van der Waals surface area contributed by atoms with Crippen LogP contribution in [0.2, 0.25) is 0 Å². The minimum Gasteiger partial charge on any atom is -0.459 e. The second kappa shape index (κ2) is 6.19. The number of hydrogen-bond acceptors (Lipinski definition) is 3. The molecule has 0 aromatic heterocycles. The van der Waals surface area contributed by atoms with Crippen molar-refractivity contribution in [2.45, 2.75) is 13.8 Å². The Morgan fingerprint density at radius 1 is 1.05 bits per heavy atom. The average molecular weight is 271 g/mol. The Morgan fingerprint density at radius 2 is 1.75 bits per heavy atom. The van der Waals surface area contributed by atoms with E-state index in [0.29, 0.717) is 6.54 Å². The van der Waals surface area contributed by atoms with Crippen LogP contribution in [0.25, 0.3) is 10.8 Å². The lowest BCUT2D eigenvalue weighted by Crippen LogP contribution is -2.37. The van der Waals surface area contributed by atoms with Gasteiger partial charge in [0.05, 0.1) is 12.3 Å². The van der Waals surface area contributed by atoms with E-state index in [4.69, 9.17) is 4.74 Å². The molecule has 4 nitrogen and oxygen atoms in total. The van der Waals surface area contributed by atoms with Gasteiger partial charge in [0, 0.05) is 11.9 Å². The molecule has 0 radical (unpaired) electrons. The highest BCUT2D eigenvalue weighted by Crippen LogP contribution is 2.26. The summed E-state index contributed by atoms with van der Waals surface area (Å²) in [6.45, 7) is 4.11. The van der Waals surface area contributed by atoms with E-state index in [0.717, 1.165) is 16.5 Å². The summed E-state index contributed by atoms with van der Waals surface area (Å²) in [4.78, 5) is 25.2. The van der Waals surface area contributed by atoms with Crippen LogP contribution in [0.1, 0.15) is 13.8 Å². The largest absolute Gasteiger partial charge is 0.459 e. The van der Waals surface area contributed by atoms with Crippen LogP contribution in [0.15, 0.2) is 42.5 Å². The van der Waals surface area contributed by atoms with Gasteiger partial charge < -0.3 is 9.64 Å². The highest BCUT2D eigenvalue weighted by atomic mass is 16.5. The maximum atomic E-state index is 12.2. The Morgan fingerprint density at radius 3 is 2.45 bits per heavy atom. The molecule has 0 N–H and O–H groups in total. The van der Waals surface area contributed by atoms with Crippen LogP contribution in [0.3, 0.4) is 0 Å². The summed E-state index contributed by atoms with van der Waals surface area (Å²) >= 11 is 0. The number of likely N-dealkylation sites (N-methyl/N-ethyl adjacent to an activating group) is 1. The molecule has 2 aromatic rings. The second-order valence-electron chi connectivity index (χ2n) is 4.27. The fraction of sp³-hybridized carbons (Fsp3) is 0.250. The van der Waals surface area contributed by atoms with E-state index in [9.17, 15) is 9.59 Å². The normalized spacial score (nSPS) is 10.3. The summed E-state index contributed by atoms with van der Waals surface area (Å²) in [5, 5.41) is 1.97. The van der Waals surface area contributed by atoms with Gasteiger partial charge in [-0.3, -0.25) is 4.79 Å². The van der Waals surface area contributed by atoms with Gasteiger partial charge in [-0.1, -0.05) is 36.4 Å². The minimum absolute atomic E-state index is 0.192. The van der Waals surface area contributed by atoms with Crippen LogP contribution in [0, 0.1) is 0 Å². The number of rotatable bonds is 3. The fourth-order valence-electron chi connectivity index (χ4n) is 2.17. The minimum atomic E-state index is -0.817. The lowest BCUT2D eigenvalue weighted by atomic mass is 10.1. The molecule has 0 fully saturated rings. The van der Waals surface area contributed by atoms with Crippen LogP contribution in [-0.4, -0.2) is 25.0 Å². The molecule has 0 unspecified atom stereocenters. The monoisotopic (exact) mass is 271 g/mol. The predicted molar refractivity (Wildman–Crippen MR) is 78.6 cm³/mol. The Balaban J connectivity index is 2.44. The smallest absolute Gasteiger partial charge is 0.397 e. The third-order valence-corrected chi connectivity index (χ3v) is 3.07. The van der Waals surface area contributed by atoms with Crippen molar-refractivity contribution in [3.8, 4) is 0 Å². The van der Waals surface area contributed by atoms with Gasteiger partial charge in [0.15, 0.2) is 0 Å². The lowest BCUT2D eigenvalue weighted by molar-refractivity contribution is -0.153. The first-order valence-electron chi connectivity index (χ1n) is 6.65. The molecule has 0 heterocycles. The number of fused-ring (bicyclic) bond motifs is 1. The molecule has 2 aromatic carbocycles. The summed E-state index contributed by atoms with van der Waals surface area (Å²) in [7, 11) is 0. The fourth-order valence-corrected chi connectivity index (χ4v) is 2.17. The predicted octanol–water partition coefficient (Wildman–Crippen LogP) is 2.76. The second-order valence-corrected chi connectivity index (χ2v) is 4.27. The van der Waals surface area contributed by atoms with Gasteiger partial charge in [-0.05, 0) is 25.3 Å². The van der Waals surface area contributed by atoms with E-state index >= 15 is 0 Å². The first kappa shape index (κ1) is 14.1. The number of carbonyl (C=O) groups excluding carboxylic acids is 2. The van der Waals surface area contributed by atoms with Crippen LogP contribution < -0.4 is 4.90 Å². The quantitative estimate of drug-likeness (QED) is 0.637. The van der Waals surface area contributed by atoms with Gasteiger partial charge >= 0.3 is 11.9 Å². The first-order chi connectivity index (χ1) is 9.69. The van der Waals surface area contributed by atoms with Crippen molar-refractivity contribution < 1.29 is 14.3 Å². The molecule has 0 bridgehead atoms. The Hall–Kier alpha value is -2.36. The number of amides is 1. The maximum absolute atomic E-state index is 12.2. The van der Waals surface area contributed by atoms with Crippen LogP contribution in [0.4, 0.5) is 5.69 Å². The first-order valence-corrected chi connectivity index (χ1v) is 6.65. The van der Waals surface area contributed by atoms with Gasteiger partial charge in [-0.15, -0.1) is 0 Å². The molecule has 0 aliphatic rings. The highest BCUT2D eigenvalue weighted by Gasteiger charge is 2.24. The van der Waals surface area contributed by atoms with Crippen molar-refractivity contribution in [3.63, 3.8) is 0 Å². The summed E-state index contributed by atoms with van der Waals surface area (Å²) in [6, 6.07) is 13.4. The molecular formula is C16H17NO3. The summed E-state index contributed by atoms with van der Waals surface area (Å²) in [5.41, 5.74) is 0.726. The van der Waals surface area contributed by atoms with Gasteiger partial charge in [0.25, 0.3) is 0 Å². The molecule has 0 atom stereocenters. The number of ether oxygens (including phenoxy) is 1. The van der Waals surface area contributed by atoms with Crippen LogP contribution in [0.5, 0.6) is 0 Å². The standard InChI is InChI=1S/C16H17NO3/c1-3-17(15(18)16(19)20-4-2)14-11-7-9-12-8-5-6-10-13(12)14/h5-11H,3-4H2,1-2H3. The third kappa shape index (κ3) is 2.64. The zero-order chi connectivity index (χ0) is 14.5. The summed E-state index contributed by atoms with van der Waals surface area (Å²) in [6.07, 6.45) is 0. The molecule has 0 spiro atoms. The van der Waals surface area contributed by atoms with Crippen molar-refractivity contribution in [1.29, 1.82) is 0 Å². The van der Waals surface area contributed by atoms with Gasteiger partial charge in [-0.25, -0.2) is 4.79 Å². The van der Waals surface area contributed by atoms with E-state index in [-0.39, 0.29) is 6.61 Å².